The molecule has 2 fully saturated rings. The summed E-state index contributed by atoms with van der Waals surface area (Å²) < 4.78 is 8.12. The number of fused-ring (bicyclic) bond motifs is 1. The number of ether oxygens (including phenoxy) is 1. The quantitative estimate of drug-likeness (QED) is 0.849. The van der Waals surface area contributed by atoms with Crippen LogP contribution in [0.2, 0.25) is 0 Å². The van der Waals surface area contributed by atoms with Crippen LogP contribution in [-0.4, -0.2) is 51.8 Å². The standard InChI is InChI=1S/C17H24N4O/c1-2-9-20(8-1)10-11-21-16(13-14-5-4-12-22-14)19-15-6-3-7-18-17(15)21/h3,6-7,14H,1-2,4-5,8-13H2. The smallest absolute Gasteiger partial charge is 0.160 e. The van der Waals surface area contributed by atoms with Crippen molar-refractivity contribution in [1.29, 1.82) is 0 Å². The molecule has 22 heavy (non-hydrogen) atoms. The Morgan fingerprint density at radius 3 is 2.91 bits per heavy atom. The lowest BCUT2D eigenvalue weighted by Gasteiger charge is -2.17. The SMILES string of the molecule is c1cnc2c(c1)nc(CC1CCCO1)n2CCN1CCCC1. The van der Waals surface area contributed by atoms with Gasteiger partial charge in [0.05, 0.1) is 6.10 Å². The second-order valence-electron chi connectivity index (χ2n) is 6.41. The molecule has 2 aliphatic heterocycles. The van der Waals surface area contributed by atoms with E-state index in [9.17, 15) is 0 Å². The Kier molecular flexibility index (Phi) is 4.08. The molecule has 2 aromatic rings. The first-order chi connectivity index (χ1) is 10.9. The summed E-state index contributed by atoms with van der Waals surface area (Å²) >= 11 is 0. The van der Waals surface area contributed by atoms with E-state index in [2.05, 4.69) is 20.5 Å². The van der Waals surface area contributed by atoms with Gasteiger partial charge in [-0.3, -0.25) is 0 Å². The van der Waals surface area contributed by atoms with Gasteiger partial charge in [0.2, 0.25) is 0 Å². The third kappa shape index (κ3) is 2.88. The highest BCUT2D eigenvalue weighted by molar-refractivity contribution is 5.71. The molecule has 0 spiro atoms. The van der Waals surface area contributed by atoms with E-state index in [0.29, 0.717) is 6.10 Å². The fraction of sp³-hybridized carbons (Fsp3) is 0.647. The molecule has 2 aliphatic rings. The van der Waals surface area contributed by atoms with Crippen molar-refractivity contribution in [2.24, 2.45) is 0 Å². The fourth-order valence-corrected chi connectivity index (χ4v) is 3.65. The van der Waals surface area contributed by atoms with Gasteiger partial charge in [-0.1, -0.05) is 0 Å². The molecule has 0 N–H and O–H groups in total. The van der Waals surface area contributed by atoms with Crippen molar-refractivity contribution in [2.45, 2.75) is 44.8 Å². The summed E-state index contributed by atoms with van der Waals surface area (Å²) in [5.41, 5.74) is 2.03. The Balaban J connectivity index is 1.57. The molecular weight excluding hydrogens is 276 g/mol. The van der Waals surface area contributed by atoms with Crippen LogP contribution in [0.1, 0.15) is 31.5 Å². The van der Waals surface area contributed by atoms with Crippen molar-refractivity contribution >= 4 is 11.2 Å². The molecule has 1 unspecified atom stereocenters. The third-order valence-electron chi connectivity index (χ3n) is 4.86. The second kappa shape index (κ2) is 6.34. The topological polar surface area (TPSA) is 43.2 Å². The summed E-state index contributed by atoms with van der Waals surface area (Å²) in [6.07, 6.45) is 8.13. The van der Waals surface area contributed by atoms with Gasteiger partial charge in [0, 0.05) is 32.3 Å². The lowest BCUT2D eigenvalue weighted by atomic mass is 10.2. The molecule has 0 saturated carbocycles. The van der Waals surface area contributed by atoms with Gasteiger partial charge in [0.15, 0.2) is 5.65 Å². The van der Waals surface area contributed by atoms with E-state index in [1.165, 1.54) is 32.4 Å². The van der Waals surface area contributed by atoms with Gasteiger partial charge in [0.25, 0.3) is 0 Å². The largest absolute Gasteiger partial charge is 0.378 e. The molecule has 1 atom stereocenters. The first-order valence-electron chi connectivity index (χ1n) is 8.54. The van der Waals surface area contributed by atoms with E-state index < -0.39 is 0 Å². The van der Waals surface area contributed by atoms with Gasteiger partial charge in [-0.2, -0.15) is 0 Å². The van der Waals surface area contributed by atoms with Crippen LogP contribution in [0.15, 0.2) is 18.3 Å². The molecule has 5 nitrogen and oxygen atoms in total. The van der Waals surface area contributed by atoms with Gasteiger partial charge >= 0.3 is 0 Å². The molecular formula is C17H24N4O. The molecule has 4 heterocycles. The van der Waals surface area contributed by atoms with Crippen LogP contribution in [0.4, 0.5) is 0 Å². The van der Waals surface area contributed by atoms with E-state index >= 15 is 0 Å². The van der Waals surface area contributed by atoms with E-state index in [1.54, 1.807) is 0 Å². The van der Waals surface area contributed by atoms with Crippen molar-refractivity contribution in [3.05, 3.63) is 24.2 Å². The van der Waals surface area contributed by atoms with Crippen LogP contribution in [0.25, 0.3) is 11.2 Å². The van der Waals surface area contributed by atoms with E-state index in [1.807, 2.05) is 12.3 Å². The van der Waals surface area contributed by atoms with Crippen LogP contribution in [0, 0.1) is 0 Å². The van der Waals surface area contributed by atoms with Crippen LogP contribution in [0.3, 0.4) is 0 Å². The monoisotopic (exact) mass is 300 g/mol. The number of pyridine rings is 1. The van der Waals surface area contributed by atoms with Gasteiger partial charge in [-0.15, -0.1) is 0 Å². The normalized spacial score (nSPS) is 22.8. The highest BCUT2D eigenvalue weighted by Crippen LogP contribution is 2.20. The molecule has 4 rings (SSSR count). The molecule has 0 radical (unpaired) electrons. The second-order valence-corrected chi connectivity index (χ2v) is 6.41. The molecule has 0 aliphatic carbocycles. The zero-order valence-electron chi connectivity index (χ0n) is 13.1. The summed E-state index contributed by atoms with van der Waals surface area (Å²) in [5, 5.41) is 0. The Hall–Kier alpha value is -1.46. The number of aromatic nitrogens is 3. The van der Waals surface area contributed by atoms with Gasteiger partial charge in [-0.05, 0) is 50.9 Å². The summed E-state index contributed by atoms with van der Waals surface area (Å²) in [5.74, 6) is 1.14. The summed E-state index contributed by atoms with van der Waals surface area (Å²) in [6.45, 7) is 5.45. The fourth-order valence-electron chi connectivity index (χ4n) is 3.65. The summed E-state index contributed by atoms with van der Waals surface area (Å²) in [4.78, 5) is 11.9. The lowest BCUT2D eigenvalue weighted by molar-refractivity contribution is 0.109. The van der Waals surface area contributed by atoms with Crippen molar-refractivity contribution in [3.8, 4) is 0 Å². The molecule has 5 heteroatoms. The predicted octanol–water partition coefficient (Wildman–Crippen LogP) is 2.25. The Labute approximate surface area is 131 Å². The first kappa shape index (κ1) is 14.2. The number of likely N-dealkylation sites (tertiary alicyclic amines) is 1. The van der Waals surface area contributed by atoms with Crippen molar-refractivity contribution in [2.75, 3.05) is 26.2 Å². The highest BCUT2D eigenvalue weighted by atomic mass is 16.5. The average molecular weight is 300 g/mol. The van der Waals surface area contributed by atoms with E-state index in [0.717, 1.165) is 49.5 Å². The number of imidazole rings is 1. The average Bonchev–Trinajstić information content (AvgIpc) is 3.27. The third-order valence-corrected chi connectivity index (χ3v) is 4.86. The number of rotatable bonds is 5. The highest BCUT2D eigenvalue weighted by Gasteiger charge is 2.21. The van der Waals surface area contributed by atoms with E-state index in [4.69, 9.17) is 9.72 Å². The molecule has 0 bridgehead atoms. The van der Waals surface area contributed by atoms with Crippen LogP contribution >= 0.6 is 0 Å². The summed E-state index contributed by atoms with van der Waals surface area (Å²) in [7, 11) is 0. The van der Waals surface area contributed by atoms with Gasteiger partial charge < -0.3 is 14.2 Å². The summed E-state index contributed by atoms with van der Waals surface area (Å²) in [6, 6.07) is 4.03. The molecule has 0 aromatic carbocycles. The van der Waals surface area contributed by atoms with Crippen molar-refractivity contribution < 1.29 is 4.74 Å². The van der Waals surface area contributed by atoms with Gasteiger partial charge in [-0.25, -0.2) is 9.97 Å². The van der Waals surface area contributed by atoms with Crippen LogP contribution in [-0.2, 0) is 17.7 Å². The predicted molar refractivity (Wildman–Crippen MR) is 85.9 cm³/mol. The molecule has 2 aromatic heterocycles. The van der Waals surface area contributed by atoms with Crippen molar-refractivity contribution in [1.82, 2.24) is 19.4 Å². The maximum atomic E-state index is 5.80. The zero-order chi connectivity index (χ0) is 14.8. The first-order valence-corrected chi connectivity index (χ1v) is 8.54. The minimum absolute atomic E-state index is 0.336. The Bertz CT molecular complexity index is 627. The lowest BCUT2D eigenvalue weighted by Crippen LogP contribution is -2.25. The molecule has 118 valence electrons. The Morgan fingerprint density at radius 1 is 1.18 bits per heavy atom. The molecule has 2 saturated heterocycles. The minimum Gasteiger partial charge on any atom is -0.378 e. The minimum atomic E-state index is 0.336. The maximum Gasteiger partial charge on any atom is 0.160 e. The number of hydrogen-bond acceptors (Lipinski definition) is 4. The van der Waals surface area contributed by atoms with Gasteiger partial charge in [0.1, 0.15) is 11.3 Å². The number of hydrogen-bond donors (Lipinski definition) is 0. The van der Waals surface area contributed by atoms with Crippen LogP contribution in [0.5, 0.6) is 0 Å². The van der Waals surface area contributed by atoms with Crippen LogP contribution < -0.4 is 0 Å². The maximum absolute atomic E-state index is 5.80. The Morgan fingerprint density at radius 2 is 2.09 bits per heavy atom. The van der Waals surface area contributed by atoms with Crippen molar-refractivity contribution in [3.63, 3.8) is 0 Å². The molecule has 0 amide bonds. The van der Waals surface area contributed by atoms with E-state index in [-0.39, 0.29) is 0 Å². The number of nitrogens with zero attached hydrogens (tertiary/aromatic N) is 4. The zero-order valence-corrected chi connectivity index (χ0v) is 13.1.